The van der Waals surface area contributed by atoms with Crippen molar-refractivity contribution in [2.24, 2.45) is 14.4 Å². The average Bonchev–Trinajstić information content (AvgIpc) is 3.24. The maximum atomic E-state index is 9.42. The maximum Gasteiger partial charge on any atom is 0.158 e. The van der Waals surface area contributed by atoms with E-state index < -0.39 is 21.3 Å². The molecule has 10 heteroatoms. The van der Waals surface area contributed by atoms with Crippen LogP contribution < -0.4 is 0 Å². The maximum absolute atomic E-state index is 9.42. The van der Waals surface area contributed by atoms with Gasteiger partial charge in [0.25, 0.3) is 0 Å². The quantitative estimate of drug-likeness (QED) is 0.258. The Balaban J connectivity index is 1.54. The minimum Gasteiger partial charge on any atom is -0.390 e. The van der Waals surface area contributed by atoms with Crippen molar-refractivity contribution in [3.05, 3.63) is 72.2 Å². The molecule has 1 unspecified atom stereocenters. The highest BCUT2D eigenvalue weighted by Gasteiger charge is 2.31. The normalized spacial score (nSPS) is 15.3. The second-order valence-corrected chi connectivity index (χ2v) is 8.35. The number of pyridine rings is 2. The van der Waals surface area contributed by atoms with Crippen molar-refractivity contribution in [2.75, 3.05) is 13.2 Å². The van der Waals surface area contributed by atoms with Gasteiger partial charge in [-0.2, -0.15) is 10.2 Å². The Morgan fingerprint density at radius 1 is 1.16 bits per heavy atom. The molecule has 1 aliphatic rings. The molecule has 162 valence electrons. The first-order chi connectivity index (χ1) is 15.8. The van der Waals surface area contributed by atoms with E-state index in [0.29, 0.717) is 24.7 Å². The molecule has 1 atom stereocenters. The van der Waals surface area contributed by atoms with Crippen molar-refractivity contribution in [1.82, 2.24) is 19.7 Å². The molecule has 1 fully saturated rings. The van der Waals surface area contributed by atoms with E-state index in [2.05, 4.69) is 18.5 Å². The van der Waals surface area contributed by atoms with Crippen LogP contribution in [0.1, 0.15) is 17.4 Å². The topological polar surface area (TPSA) is 122 Å². The van der Waals surface area contributed by atoms with Crippen molar-refractivity contribution in [2.45, 2.75) is 12.6 Å². The summed E-state index contributed by atoms with van der Waals surface area (Å²) in [6.45, 7) is 1.15. The van der Waals surface area contributed by atoms with Gasteiger partial charge >= 0.3 is 0 Å². The molecule has 9 nitrogen and oxygen atoms in total. The monoisotopic (exact) mass is 541 g/mol. The highest BCUT2D eigenvalue weighted by molar-refractivity contribution is 14.1. The molecule has 4 heterocycles. The SMILES string of the molecule is N=IN=NC(c1cccc(-c2ccc3cnn(-c4cccc(CO)n4)c3c2)n1)C1COC1. The van der Waals surface area contributed by atoms with Gasteiger partial charge in [-0.1, -0.05) is 24.3 Å². The molecule has 3 aromatic heterocycles. The van der Waals surface area contributed by atoms with Gasteiger partial charge in [-0.05, 0) is 30.3 Å². The van der Waals surface area contributed by atoms with Crippen molar-refractivity contribution in [3.63, 3.8) is 0 Å². The number of nitrogens with zero attached hydrogens (tertiary/aromatic N) is 6. The zero-order valence-electron chi connectivity index (χ0n) is 17.0. The van der Waals surface area contributed by atoms with Gasteiger partial charge in [0, 0.05) is 16.9 Å². The number of rotatable bonds is 7. The lowest BCUT2D eigenvalue weighted by molar-refractivity contribution is -0.0451. The second kappa shape index (κ2) is 9.27. The molecule has 1 aliphatic heterocycles. The zero-order valence-corrected chi connectivity index (χ0v) is 19.1. The van der Waals surface area contributed by atoms with Crippen LogP contribution in [0.3, 0.4) is 0 Å². The third kappa shape index (κ3) is 4.08. The van der Waals surface area contributed by atoms with E-state index in [1.165, 1.54) is 0 Å². The van der Waals surface area contributed by atoms with Crippen LogP contribution in [0.5, 0.6) is 0 Å². The number of aromatic nitrogens is 4. The Morgan fingerprint density at radius 2 is 2.03 bits per heavy atom. The summed E-state index contributed by atoms with van der Waals surface area (Å²) < 4.78 is 18.5. The number of halogens is 1. The van der Waals surface area contributed by atoms with Crippen LogP contribution in [0.4, 0.5) is 0 Å². The van der Waals surface area contributed by atoms with Gasteiger partial charge in [-0.3, -0.25) is 8.55 Å². The predicted molar refractivity (Wildman–Crippen MR) is 127 cm³/mol. The minimum absolute atomic E-state index is 0.123. The third-order valence-corrected chi connectivity index (χ3v) is 5.89. The molecule has 32 heavy (non-hydrogen) atoms. The smallest absolute Gasteiger partial charge is 0.158 e. The van der Waals surface area contributed by atoms with Gasteiger partial charge in [0.1, 0.15) is 6.04 Å². The molecule has 1 aromatic carbocycles. The van der Waals surface area contributed by atoms with Gasteiger partial charge in [0.05, 0.1) is 48.6 Å². The fourth-order valence-corrected chi connectivity index (χ4v) is 4.10. The molecule has 2 N–H and O–H groups in total. The largest absolute Gasteiger partial charge is 0.390 e. The Hall–Kier alpha value is -2.96. The van der Waals surface area contributed by atoms with Crippen molar-refractivity contribution < 1.29 is 9.84 Å². The molecule has 0 saturated carbocycles. The summed E-state index contributed by atoms with van der Waals surface area (Å²) in [6.07, 6.45) is 1.80. The molecule has 0 spiro atoms. The van der Waals surface area contributed by atoms with Gasteiger partial charge in [0.15, 0.2) is 27.1 Å². The van der Waals surface area contributed by atoms with Crippen molar-refractivity contribution in [1.29, 1.82) is 3.56 Å². The molecular weight excluding hydrogens is 521 g/mol. The summed E-state index contributed by atoms with van der Waals surface area (Å²) in [6, 6.07) is 17.3. The van der Waals surface area contributed by atoms with Gasteiger partial charge in [-0.25, -0.2) is 9.67 Å². The summed E-state index contributed by atoms with van der Waals surface area (Å²) >= 11 is -1.01. The Morgan fingerprint density at radius 3 is 2.81 bits per heavy atom. The van der Waals surface area contributed by atoms with Gasteiger partial charge in [0.2, 0.25) is 0 Å². The number of nitrogens with one attached hydrogen (secondary N) is 1. The van der Waals surface area contributed by atoms with E-state index in [9.17, 15) is 5.11 Å². The predicted octanol–water partition coefficient (Wildman–Crippen LogP) is 4.76. The molecule has 0 aliphatic carbocycles. The number of aliphatic hydroxyl groups excluding tert-OH is 1. The summed E-state index contributed by atoms with van der Waals surface area (Å²) in [5.74, 6) is 0.889. The Bertz CT molecular complexity index is 1300. The molecule has 5 rings (SSSR count). The van der Waals surface area contributed by atoms with Crippen LogP contribution in [0, 0.1) is 9.48 Å². The van der Waals surface area contributed by atoms with Crippen LogP contribution in [0.25, 0.3) is 28.0 Å². The van der Waals surface area contributed by atoms with Gasteiger partial charge in [-0.15, -0.1) is 3.33 Å². The standard InChI is InChI=1S/C22H20IN7O2/c24-23-29-28-22(16-12-32-13-16)19-5-2-4-18(27-19)14-7-8-15-10-25-30(20(15)9-14)21-6-1-3-17(11-31)26-21/h1-10,16,22,24,31H,11-13H2. The molecule has 0 amide bonds. The first-order valence-corrected chi connectivity index (χ1v) is 12.1. The zero-order chi connectivity index (χ0) is 21.9. The lowest BCUT2D eigenvalue weighted by Crippen LogP contribution is -2.32. The van der Waals surface area contributed by atoms with Crippen LogP contribution in [0.15, 0.2) is 69.2 Å². The summed E-state index contributed by atoms with van der Waals surface area (Å²) in [5.41, 5.74) is 4.11. The Labute approximate surface area is 194 Å². The molecule has 1 saturated heterocycles. The summed E-state index contributed by atoms with van der Waals surface area (Å²) in [7, 11) is 0. The van der Waals surface area contributed by atoms with E-state index in [1.54, 1.807) is 16.9 Å². The van der Waals surface area contributed by atoms with E-state index in [-0.39, 0.29) is 18.6 Å². The number of aliphatic hydroxyl groups is 1. The fraction of sp³-hybridized carbons (Fsp3) is 0.227. The fourth-order valence-electron chi connectivity index (χ4n) is 3.71. The second-order valence-electron chi connectivity index (χ2n) is 7.44. The summed E-state index contributed by atoms with van der Waals surface area (Å²) in [4.78, 5) is 9.36. The molecular formula is C22H20IN7O2. The number of hydrogen-bond donors (Lipinski definition) is 2. The lowest BCUT2D eigenvalue weighted by Gasteiger charge is -2.30. The third-order valence-electron chi connectivity index (χ3n) is 5.43. The average molecular weight is 541 g/mol. The van der Waals surface area contributed by atoms with Crippen molar-refractivity contribution in [3.8, 4) is 17.1 Å². The number of hydrogen-bond acceptors (Lipinski definition) is 7. The van der Waals surface area contributed by atoms with E-state index >= 15 is 0 Å². The van der Waals surface area contributed by atoms with Gasteiger partial charge < -0.3 is 9.84 Å². The van der Waals surface area contributed by atoms with Crippen molar-refractivity contribution >= 4 is 32.2 Å². The number of ether oxygens (including phenoxy) is 1. The number of benzene rings is 1. The first-order valence-electron chi connectivity index (χ1n) is 10.1. The van der Waals surface area contributed by atoms with E-state index in [1.807, 2.05) is 48.5 Å². The number of fused-ring (bicyclic) bond motifs is 1. The van der Waals surface area contributed by atoms with Crippen LogP contribution in [0.2, 0.25) is 0 Å². The van der Waals surface area contributed by atoms with Crippen LogP contribution in [-0.4, -0.2) is 38.1 Å². The first kappa shape index (κ1) is 20.9. The van der Waals surface area contributed by atoms with Crippen LogP contribution >= 0.6 is 21.3 Å². The summed E-state index contributed by atoms with van der Waals surface area (Å²) in [5, 5.41) is 19.3. The Kier molecular flexibility index (Phi) is 6.06. The molecule has 0 radical (unpaired) electrons. The van der Waals surface area contributed by atoms with E-state index in [0.717, 1.165) is 27.9 Å². The lowest BCUT2D eigenvalue weighted by atomic mass is 9.95. The minimum atomic E-state index is -1.01. The highest BCUT2D eigenvalue weighted by Crippen LogP contribution is 2.33. The van der Waals surface area contributed by atoms with Crippen LogP contribution in [-0.2, 0) is 11.3 Å². The highest BCUT2D eigenvalue weighted by atomic mass is 127. The van der Waals surface area contributed by atoms with E-state index in [4.69, 9.17) is 13.3 Å². The molecule has 0 bridgehead atoms. The molecule has 4 aromatic rings.